The Morgan fingerprint density at radius 1 is 1.10 bits per heavy atom. The molecule has 29 heavy (non-hydrogen) atoms. The molecule has 0 saturated carbocycles. The van der Waals surface area contributed by atoms with E-state index in [2.05, 4.69) is 15.4 Å². The molecule has 8 nitrogen and oxygen atoms in total. The van der Waals surface area contributed by atoms with Crippen LogP contribution in [0.2, 0.25) is 0 Å². The van der Waals surface area contributed by atoms with E-state index in [0.717, 1.165) is 16.7 Å². The van der Waals surface area contributed by atoms with Gasteiger partial charge in [-0.2, -0.15) is 4.80 Å². The van der Waals surface area contributed by atoms with Crippen molar-refractivity contribution in [1.82, 2.24) is 20.2 Å². The predicted molar refractivity (Wildman–Crippen MR) is 106 cm³/mol. The van der Waals surface area contributed by atoms with Gasteiger partial charge >= 0.3 is 5.97 Å². The third kappa shape index (κ3) is 3.91. The molecule has 2 aromatic heterocycles. The van der Waals surface area contributed by atoms with E-state index in [1.165, 1.54) is 10.9 Å². The lowest BCUT2D eigenvalue weighted by atomic mass is 10.1. The average Bonchev–Trinajstić information content (AvgIpc) is 3.16. The minimum Gasteiger partial charge on any atom is -0.465 e. The first-order valence-corrected chi connectivity index (χ1v) is 9.12. The predicted octanol–water partition coefficient (Wildman–Crippen LogP) is 2.99. The molecule has 0 atom stereocenters. The first-order valence-electron chi connectivity index (χ1n) is 9.12. The van der Waals surface area contributed by atoms with Gasteiger partial charge in [0.15, 0.2) is 12.0 Å². The number of hydrogen-bond donors (Lipinski definition) is 0. The van der Waals surface area contributed by atoms with Crippen molar-refractivity contribution in [3.63, 3.8) is 0 Å². The minimum atomic E-state index is -0.423. The molecule has 0 aliphatic rings. The van der Waals surface area contributed by atoms with Crippen LogP contribution in [-0.2, 0) is 16.1 Å². The Morgan fingerprint density at radius 2 is 1.86 bits per heavy atom. The van der Waals surface area contributed by atoms with Gasteiger partial charge in [-0.1, -0.05) is 30.3 Å². The van der Waals surface area contributed by atoms with E-state index in [0.29, 0.717) is 29.2 Å². The summed E-state index contributed by atoms with van der Waals surface area (Å²) in [7, 11) is 0. The van der Waals surface area contributed by atoms with E-state index in [1.54, 1.807) is 13.0 Å². The molecular weight excluding hydrogens is 372 g/mol. The fourth-order valence-electron chi connectivity index (χ4n) is 2.94. The van der Waals surface area contributed by atoms with Crippen molar-refractivity contribution in [2.75, 3.05) is 6.61 Å². The third-order valence-corrected chi connectivity index (χ3v) is 4.34. The van der Waals surface area contributed by atoms with Crippen molar-refractivity contribution in [2.45, 2.75) is 20.4 Å². The topological polar surface area (TPSA) is 100 Å². The molecule has 0 saturated heterocycles. The molecule has 146 valence electrons. The van der Waals surface area contributed by atoms with Gasteiger partial charge < -0.3 is 9.15 Å². The van der Waals surface area contributed by atoms with Crippen LogP contribution in [0, 0.1) is 6.92 Å². The van der Waals surface area contributed by atoms with Gasteiger partial charge in [0.1, 0.15) is 11.3 Å². The zero-order valence-corrected chi connectivity index (χ0v) is 16.0. The fraction of sp³-hybridized carbons (Fsp3) is 0.190. The van der Waals surface area contributed by atoms with Crippen LogP contribution >= 0.6 is 0 Å². The van der Waals surface area contributed by atoms with Crippen LogP contribution in [0.5, 0.6) is 0 Å². The maximum atomic E-state index is 12.4. The number of benzene rings is 2. The van der Waals surface area contributed by atoms with Gasteiger partial charge in [0.25, 0.3) is 0 Å². The zero-order valence-electron chi connectivity index (χ0n) is 16.0. The lowest BCUT2D eigenvalue weighted by Gasteiger charge is -2.04. The molecule has 4 rings (SSSR count). The molecule has 0 unspecified atom stereocenters. The second-order valence-corrected chi connectivity index (χ2v) is 6.50. The number of carbonyl (C=O) groups excluding carboxylic acids is 1. The van der Waals surface area contributed by atoms with Crippen LogP contribution in [0.1, 0.15) is 12.5 Å². The number of tetrazole rings is 1. The summed E-state index contributed by atoms with van der Waals surface area (Å²) in [6, 6.07) is 14.2. The molecule has 0 radical (unpaired) electrons. The Hall–Kier alpha value is -3.81. The van der Waals surface area contributed by atoms with Crippen LogP contribution in [0.3, 0.4) is 0 Å². The number of rotatable bonds is 5. The van der Waals surface area contributed by atoms with Gasteiger partial charge in [-0.15, -0.1) is 10.2 Å². The van der Waals surface area contributed by atoms with Gasteiger partial charge in [-0.05, 0) is 36.8 Å². The van der Waals surface area contributed by atoms with Gasteiger partial charge in [-0.25, -0.2) is 4.79 Å². The summed E-state index contributed by atoms with van der Waals surface area (Å²) >= 11 is 0. The molecule has 0 aliphatic carbocycles. The lowest BCUT2D eigenvalue weighted by molar-refractivity contribution is -0.144. The molecule has 0 amide bonds. The molecule has 0 spiro atoms. The maximum Gasteiger partial charge on any atom is 0.329 e. The number of aryl methyl sites for hydroxylation is 1. The van der Waals surface area contributed by atoms with Crippen molar-refractivity contribution in [3.05, 3.63) is 64.3 Å². The number of aromatic nitrogens is 4. The first kappa shape index (κ1) is 18.5. The highest BCUT2D eigenvalue weighted by Crippen LogP contribution is 2.25. The lowest BCUT2D eigenvalue weighted by Crippen LogP contribution is -2.15. The Kier molecular flexibility index (Phi) is 4.90. The van der Waals surface area contributed by atoms with Crippen molar-refractivity contribution in [2.24, 2.45) is 0 Å². The number of nitrogens with zero attached hydrogens (tertiary/aromatic N) is 4. The Bertz CT molecular complexity index is 1240. The summed E-state index contributed by atoms with van der Waals surface area (Å²) in [5.41, 5.74) is 2.97. The molecule has 2 aromatic carbocycles. The van der Waals surface area contributed by atoms with Gasteiger partial charge in [0, 0.05) is 17.2 Å². The van der Waals surface area contributed by atoms with Crippen molar-refractivity contribution >= 4 is 16.9 Å². The second kappa shape index (κ2) is 7.67. The standard InChI is InChI=1S/C21H18N4O4/c1-3-28-20(27)12-25-23-21(22-24-25)15-7-5-14(6-8-15)18-11-17(26)16-9-4-13(2)10-19(16)29-18/h4-11H,3,12H2,1-2H3. The van der Waals surface area contributed by atoms with Gasteiger partial charge in [0.2, 0.25) is 5.82 Å². The Morgan fingerprint density at radius 3 is 2.62 bits per heavy atom. The molecule has 0 N–H and O–H groups in total. The summed E-state index contributed by atoms with van der Waals surface area (Å²) in [5.74, 6) is 0.448. The van der Waals surface area contributed by atoms with Crippen LogP contribution in [0.4, 0.5) is 0 Å². The number of esters is 1. The molecular formula is C21H18N4O4. The van der Waals surface area contributed by atoms with Gasteiger partial charge in [0.05, 0.1) is 12.0 Å². The van der Waals surface area contributed by atoms with E-state index < -0.39 is 5.97 Å². The second-order valence-electron chi connectivity index (χ2n) is 6.50. The summed E-state index contributed by atoms with van der Waals surface area (Å²) in [6.45, 7) is 3.88. The van der Waals surface area contributed by atoms with E-state index in [1.807, 2.05) is 43.3 Å². The summed E-state index contributed by atoms with van der Waals surface area (Å²) in [5, 5.41) is 12.6. The third-order valence-electron chi connectivity index (χ3n) is 4.34. The fourth-order valence-corrected chi connectivity index (χ4v) is 2.94. The van der Waals surface area contributed by atoms with Crippen LogP contribution in [-0.4, -0.2) is 32.8 Å². The van der Waals surface area contributed by atoms with Crippen molar-refractivity contribution in [3.8, 4) is 22.7 Å². The van der Waals surface area contributed by atoms with Crippen LogP contribution < -0.4 is 5.43 Å². The SMILES string of the molecule is CCOC(=O)Cn1nnc(-c2ccc(-c3cc(=O)c4ccc(C)cc4o3)cc2)n1. The molecule has 0 bridgehead atoms. The zero-order chi connectivity index (χ0) is 20.4. The molecule has 8 heteroatoms. The highest BCUT2D eigenvalue weighted by molar-refractivity contribution is 5.79. The highest BCUT2D eigenvalue weighted by Gasteiger charge is 2.11. The number of ether oxygens (including phenoxy) is 1. The molecule has 0 fully saturated rings. The number of fused-ring (bicyclic) bond motifs is 1. The largest absolute Gasteiger partial charge is 0.465 e. The first-order chi connectivity index (χ1) is 14.0. The Labute approximate surface area is 165 Å². The minimum absolute atomic E-state index is 0.0890. The number of hydrogen-bond acceptors (Lipinski definition) is 7. The summed E-state index contributed by atoms with van der Waals surface area (Å²) in [4.78, 5) is 25.1. The molecule has 2 heterocycles. The van der Waals surface area contributed by atoms with E-state index in [4.69, 9.17) is 9.15 Å². The highest BCUT2D eigenvalue weighted by atomic mass is 16.5. The monoisotopic (exact) mass is 390 g/mol. The van der Waals surface area contributed by atoms with E-state index in [9.17, 15) is 9.59 Å². The average molecular weight is 390 g/mol. The van der Waals surface area contributed by atoms with Crippen molar-refractivity contribution in [1.29, 1.82) is 0 Å². The normalized spacial score (nSPS) is 11.0. The van der Waals surface area contributed by atoms with Gasteiger partial charge in [-0.3, -0.25) is 4.79 Å². The Balaban J connectivity index is 1.60. The number of carbonyl (C=O) groups is 1. The maximum absolute atomic E-state index is 12.4. The van der Waals surface area contributed by atoms with E-state index >= 15 is 0 Å². The van der Waals surface area contributed by atoms with E-state index in [-0.39, 0.29) is 12.0 Å². The van der Waals surface area contributed by atoms with Crippen LogP contribution in [0.25, 0.3) is 33.7 Å². The molecule has 4 aromatic rings. The quantitative estimate of drug-likeness (QED) is 0.483. The van der Waals surface area contributed by atoms with Crippen LogP contribution in [0.15, 0.2) is 57.7 Å². The summed E-state index contributed by atoms with van der Waals surface area (Å²) < 4.78 is 10.8. The summed E-state index contributed by atoms with van der Waals surface area (Å²) in [6.07, 6.45) is 0. The smallest absolute Gasteiger partial charge is 0.329 e. The van der Waals surface area contributed by atoms with Crippen molar-refractivity contribution < 1.29 is 13.9 Å². The molecule has 0 aliphatic heterocycles.